The van der Waals surface area contributed by atoms with E-state index in [0.29, 0.717) is 0 Å². The maximum absolute atomic E-state index is 10.1. The number of rotatable bonds is 0. The molecule has 0 N–H and O–H groups in total. The van der Waals surface area contributed by atoms with Gasteiger partial charge in [0.05, 0.1) is 0 Å². The molecule has 0 aromatic carbocycles. The molecule has 0 fully saturated rings. The van der Waals surface area contributed by atoms with Crippen molar-refractivity contribution in [2.45, 2.75) is 35.1 Å². The molecule has 0 aromatic heterocycles. The predicted molar refractivity (Wildman–Crippen MR) is 66.3 cm³/mol. The van der Waals surface area contributed by atoms with Crippen LogP contribution in [0.3, 0.4) is 0 Å². The van der Waals surface area contributed by atoms with E-state index < -0.39 is 0 Å². The number of aldehydes is 3. The Morgan fingerprint density at radius 1 is 0.875 bits per heavy atom. The van der Waals surface area contributed by atoms with Gasteiger partial charge in [0.2, 0.25) is 5.91 Å². The van der Waals surface area contributed by atoms with Crippen LogP contribution in [0.1, 0.15) is 35.1 Å². The lowest BCUT2D eigenvalue weighted by Crippen LogP contribution is -2.17. The number of carbonyl (C=O) groups is 4. The van der Waals surface area contributed by atoms with Crippen molar-refractivity contribution in [2.24, 2.45) is 0 Å². The van der Waals surface area contributed by atoms with Crippen LogP contribution in [0.4, 0.5) is 0 Å². The Hall–Kier alpha value is -1.52. The van der Waals surface area contributed by atoms with E-state index in [1.165, 1.54) is 32.6 Å². The zero-order valence-corrected chi connectivity index (χ0v) is 10.3. The van der Waals surface area contributed by atoms with Crippen LogP contribution >= 0.6 is 0 Å². The highest BCUT2D eigenvalue weighted by Crippen LogP contribution is 1.69. The highest BCUT2D eigenvalue weighted by molar-refractivity contribution is 5.72. The van der Waals surface area contributed by atoms with Crippen LogP contribution < -0.4 is 0 Å². The molecule has 98 valence electrons. The molecule has 0 bridgehead atoms. The lowest BCUT2D eigenvalue weighted by Gasteiger charge is -2.02. The zero-order valence-electron chi connectivity index (χ0n) is 10.3. The minimum atomic E-state index is 0. The second kappa shape index (κ2) is 37.5. The third-order valence-electron chi connectivity index (χ3n) is 0.630. The minimum Gasteiger partial charge on any atom is -0.349 e. The summed E-state index contributed by atoms with van der Waals surface area (Å²) in [5.74, 6) is 0.0926. The van der Waals surface area contributed by atoms with Crippen molar-refractivity contribution in [1.82, 2.24) is 4.90 Å². The normalized spacial score (nSPS) is 5.38. The van der Waals surface area contributed by atoms with Crippen molar-refractivity contribution in [2.75, 3.05) is 14.1 Å². The van der Waals surface area contributed by atoms with Crippen LogP contribution in [0.15, 0.2) is 0 Å². The van der Waals surface area contributed by atoms with Gasteiger partial charge in [0.15, 0.2) is 0 Å². The van der Waals surface area contributed by atoms with E-state index in [9.17, 15) is 4.79 Å². The topological polar surface area (TPSA) is 71.5 Å². The van der Waals surface area contributed by atoms with E-state index in [1.54, 1.807) is 14.1 Å². The Morgan fingerprint density at radius 2 is 0.938 bits per heavy atom. The molecule has 0 aromatic rings. The third kappa shape index (κ3) is 267. The standard InChI is InChI=1S/C4H9NO.3C2H4O.CH4/c1-4(6)5(2)3;3*1-2-3;/h1-3H3;3*2H,1H3;1H4. The summed E-state index contributed by atoms with van der Waals surface area (Å²) in [6, 6.07) is 0. The van der Waals surface area contributed by atoms with Crippen LogP contribution in [-0.2, 0) is 19.2 Å². The van der Waals surface area contributed by atoms with Gasteiger partial charge in [-0.15, -0.1) is 0 Å². The highest BCUT2D eigenvalue weighted by Gasteiger charge is 1.87. The second-order valence-electron chi connectivity index (χ2n) is 2.12. The molecule has 0 rings (SSSR count). The Kier molecular flexibility index (Phi) is 68.7. The lowest BCUT2D eigenvalue weighted by molar-refractivity contribution is -0.126. The summed E-state index contributed by atoms with van der Waals surface area (Å²) in [5, 5.41) is 0. The van der Waals surface area contributed by atoms with E-state index in [4.69, 9.17) is 14.4 Å². The molecule has 5 nitrogen and oxygen atoms in total. The predicted octanol–water partition coefficient (Wildman–Crippen LogP) is 1.35. The molecule has 0 saturated heterocycles. The van der Waals surface area contributed by atoms with Gasteiger partial charge in [0.1, 0.15) is 18.9 Å². The number of carbonyl (C=O) groups excluding carboxylic acids is 4. The minimum absolute atomic E-state index is 0. The molecule has 0 aliphatic rings. The average Bonchev–Trinajstić information content (AvgIpc) is 2.07. The van der Waals surface area contributed by atoms with Gasteiger partial charge in [0.25, 0.3) is 0 Å². The molecular weight excluding hydrogens is 210 g/mol. The van der Waals surface area contributed by atoms with Gasteiger partial charge in [-0.05, 0) is 20.8 Å². The largest absolute Gasteiger partial charge is 0.349 e. The molecule has 0 radical (unpaired) electrons. The van der Waals surface area contributed by atoms with Crippen molar-refractivity contribution >= 4 is 24.8 Å². The van der Waals surface area contributed by atoms with E-state index in [-0.39, 0.29) is 13.3 Å². The maximum Gasteiger partial charge on any atom is 0.218 e. The van der Waals surface area contributed by atoms with Gasteiger partial charge >= 0.3 is 0 Å². The van der Waals surface area contributed by atoms with Gasteiger partial charge in [-0.3, -0.25) is 4.79 Å². The molecule has 16 heavy (non-hydrogen) atoms. The smallest absolute Gasteiger partial charge is 0.218 e. The fraction of sp³-hybridized carbons (Fsp3) is 0.636. The van der Waals surface area contributed by atoms with Crippen molar-refractivity contribution < 1.29 is 19.2 Å². The third-order valence-corrected chi connectivity index (χ3v) is 0.630. The molecule has 0 spiro atoms. The molecular formula is C11H25NO4. The average molecular weight is 235 g/mol. The number of hydrogen-bond donors (Lipinski definition) is 0. The van der Waals surface area contributed by atoms with E-state index in [1.807, 2.05) is 0 Å². The van der Waals surface area contributed by atoms with Crippen molar-refractivity contribution in [3.63, 3.8) is 0 Å². The Morgan fingerprint density at radius 3 is 0.938 bits per heavy atom. The van der Waals surface area contributed by atoms with Crippen molar-refractivity contribution in [1.29, 1.82) is 0 Å². The zero-order chi connectivity index (χ0) is 13.3. The van der Waals surface area contributed by atoms with Crippen LogP contribution in [-0.4, -0.2) is 43.8 Å². The van der Waals surface area contributed by atoms with Crippen LogP contribution in [0.5, 0.6) is 0 Å². The van der Waals surface area contributed by atoms with Crippen molar-refractivity contribution in [3.8, 4) is 0 Å². The fourth-order valence-corrected chi connectivity index (χ4v) is 0. The number of hydrogen-bond acceptors (Lipinski definition) is 4. The molecule has 5 heteroatoms. The van der Waals surface area contributed by atoms with E-state index >= 15 is 0 Å². The summed E-state index contributed by atoms with van der Waals surface area (Å²) < 4.78 is 0. The van der Waals surface area contributed by atoms with Gasteiger partial charge in [0, 0.05) is 21.0 Å². The summed E-state index contributed by atoms with van der Waals surface area (Å²) in [7, 11) is 3.45. The van der Waals surface area contributed by atoms with Gasteiger partial charge in [-0.25, -0.2) is 0 Å². The molecule has 0 unspecified atom stereocenters. The second-order valence-corrected chi connectivity index (χ2v) is 2.12. The maximum atomic E-state index is 10.1. The number of nitrogens with zero attached hydrogens (tertiary/aromatic N) is 1. The summed E-state index contributed by atoms with van der Waals surface area (Å²) in [5.41, 5.74) is 0. The quantitative estimate of drug-likeness (QED) is 0.594. The SMILES string of the molecule is C.CC(=O)N(C)C.CC=O.CC=O.CC=O. The highest BCUT2D eigenvalue weighted by atomic mass is 16.2. The first-order chi connectivity index (χ1) is 6.89. The monoisotopic (exact) mass is 235 g/mol. The molecule has 0 aliphatic heterocycles. The van der Waals surface area contributed by atoms with Gasteiger partial charge in [-0.1, -0.05) is 7.43 Å². The Bertz CT molecular complexity index is 142. The molecule has 0 aliphatic carbocycles. The van der Waals surface area contributed by atoms with Crippen LogP contribution in [0, 0.1) is 0 Å². The van der Waals surface area contributed by atoms with E-state index in [0.717, 1.165) is 18.9 Å². The first-order valence-electron chi connectivity index (χ1n) is 4.26. The number of amides is 1. The summed E-state index contributed by atoms with van der Waals surface area (Å²) in [6.45, 7) is 5.86. The fourth-order valence-electron chi connectivity index (χ4n) is 0. The van der Waals surface area contributed by atoms with Crippen molar-refractivity contribution in [3.05, 3.63) is 0 Å². The van der Waals surface area contributed by atoms with E-state index in [2.05, 4.69) is 0 Å². The first kappa shape index (κ1) is 29.3. The summed E-state index contributed by atoms with van der Waals surface area (Å²) in [6.07, 6.45) is 2.25. The van der Waals surface area contributed by atoms with Crippen LogP contribution in [0.2, 0.25) is 0 Å². The Balaban J connectivity index is -0.0000000353. The summed E-state index contributed by atoms with van der Waals surface area (Å²) in [4.78, 5) is 38.0. The Labute approximate surface area is 98.8 Å². The van der Waals surface area contributed by atoms with Gasteiger partial charge in [-0.2, -0.15) is 0 Å². The first-order valence-corrected chi connectivity index (χ1v) is 4.26. The lowest BCUT2D eigenvalue weighted by atomic mass is 10.7. The molecule has 0 atom stereocenters. The summed E-state index contributed by atoms with van der Waals surface area (Å²) >= 11 is 0. The van der Waals surface area contributed by atoms with Gasteiger partial charge < -0.3 is 19.3 Å². The van der Waals surface area contributed by atoms with Crippen LogP contribution in [0.25, 0.3) is 0 Å². The molecule has 1 amide bonds. The molecule has 0 saturated carbocycles. The molecule has 0 heterocycles.